The van der Waals surface area contributed by atoms with Crippen LogP contribution in [-0.2, 0) is 23.9 Å². The van der Waals surface area contributed by atoms with Gasteiger partial charge in [-0.15, -0.1) is 0 Å². The lowest BCUT2D eigenvalue weighted by molar-refractivity contribution is -0.0647. The number of aliphatic hydroxyl groups is 2. The molecule has 0 unspecified atom stereocenters. The molecule has 0 bridgehead atoms. The number of sulfone groups is 1. The molecule has 6 N–H and O–H groups in total. The SMILES string of the molecule is CS(=O)(=O)[C@H](OC[C@H]1O[C@@H](n2cnc3c(N)nc(Cl)nc32)[C@H](O)[C@@H]1O)P(=O)(O)O. The van der Waals surface area contributed by atoms with E-state index in [2.05, 4.69) is 15.0 Å². The van der Waals surface area contributed by atoms with Gasteiger partial charge >= 0.3 is 7.60 Å². The predicted molar refractivity (Wildman–Crippen MR) is 97.3 cm³/mol. The van der Waals surface area contributed by atoms with Crippen molar-refractivity contribution in [1.29, 1.82) is 0 Å². The molecule has 2 aromatic heterocycles. The van der Waals surface area contributed by atoms with Crippen LogP contribution < -0.4 is 5.73 Å². The van der Waals surface area contributed by atoms with Gasteiger partial charge in [0, 0.05) is 6.26 Å². The third kappa shape index (κ3) is 4.38. The average Bonchev–Trinajstić information content (AvgIpc) is 3.08. The first-order chi connectivity index (χ1) is 13.3. The molecule has 0 radical (unpaired) electrons. The highest BCUT2D eigenvalue weighted by atomic mass is 35.5. The molecule has 3 heterocycles. The van der Waals surface area contributed by atoms with Crippen LogP contribution in [0, 0.1) is 0 Å². The molecule has 17 heteroatoms. The van der Waals surface area contributed by atoms with E-state index in [-0.39, 0.29) is 22.3 Å². The van der Waals surface area contributed by atoms with Crippen molar-refractivity contribution in [2.45, 2.75) is 29.7 Å². The fraction of sp³-hybridized carbons (Fsp3) is 0.583. The normalized spacial score (nSPS) is 26.8. The van der Waals surface area contributed by atoms with Crippen molar-refractivity contribution in [2.75, 3.05) is 18.6 Å². The molecule has 0 aromatic carbocycles. The summed E-state index contributed by atoms with van der Waals surface area (Å²) in [6.45, 7) is -0.734. The summed E-state index contributed by atoms with van der Waals surface area (Å²) < 4.78 is 46.1. The van der Waals surface area contributed by atoms with Gasteiger partial charge in [-0.3, -0.25) is 9.13 Å². The number of imidazole rings is 1. The van der Waals surface area contributed by atoms with E-state index in [0.29, 0.717) is 6.26 Å². The van der Waals surface area contributed by atoms with Gasteiger partial charge in [0.25, 0.3) is 5.18 Å². The lowest BCUT2D eigenvalue weighted by Crippen LogP contribution is -2.36. The predicted octanol–water partition coefficient (Wildman–Crippen LogP) is -1.80. The van der Waals surface area contributed by atoms with Crippen LogP contribution in [0.2, 0.25) is 5.28 Å². The highest BCUT2D eigenvalue weighted by Gasteiger charge is 2.46. The molecular formula is C12H17ClN5O9PS. The van der Waals surface area contributed by atoms with E-state index in [1.54, 1.807) is 0 Å². The summed E-state index contributed by atoms with van der Waals surface area (Å²) in [6, 6.07) is 0. The number of aliphatic hydroxyl groups excluding tert-OH is 2. The zero-order chi connectivity index (χ0) is 21.7. The number of hydrogen-bond acceptors (Lipinski definition) is 11. The topological polar surface area (TPSA) is 220 Å². The third-order valence-corrected chi connectivity index (χ3v) is 7.79. The van der Waals surface area contributed by atoms with Crippen molar-refractivity contribution in [3.05, 3.63) is 11.6 Å². The maximum absolute atomic E-state index is 11.6. The number of anilines is 1. The molecule has 0 amide bonds. The van der Waals surface area contributed by atoms with Gasteiger partial charge in [-0.25, -0.2) is 13.4 Å². The number of ether oxygens (including phenoxy) is 2. The molecule has 0 saturated carbocycles. The van der Waals surface area contributed by atoms with Crippen LogP contribution >= 0.6 is 19.2 Å². The Hall–Kier alpha value is -1.42. The number of nitrogen functional groups attached to an aromatic ring is 1. The van der Waals surface area contributed by atoms with E-state index in [1.165, 1.54) is 10.9 Å². The summed E-state index contributed by atoms with van der Waals surface area (Å²) in [5, 5.41) is 17.9. The van der Waals surface area contributed by atoms with Gasteiger partial charge in [-0.2, -0.15) is 9.97 Å². The van der Waals surface area contributed by atoms with Crippen molar-refractivity contribution in [3.8, 4) is 0 Å². The molecule has 0 spiro atoms. The summed E-state index contributed by atoms with van der Waals surface area (Å²) in [7, 11) is -9.45. The molecule has 1 aliphatic rings. The third-order valence-electron chi connectivity index (χ3n) is 4.08. The largest absolute Gasteiger partial charge is 0.387 e. The summed E-state index contributed by atoms with van der Waals surface area (Å²) in [5.41, 5.74) is 5.97. The van der Waals surface area contributed by atoms with Crippen LogP contribution in [-0.4, -0.2) is 84.3 Å². The minimum Gasteiger partial charge on any atom is -0.387 e. The van der Waals surface area contributed by atoms with E-state index in [0.717, 1.165) is 0 Å². The highest BCUT2D eigenvalue weighted by Crippen LogP contribution is 2.45. The summed E-state index contributed by atoms with van der Waals surface area (Å²) >= 11 is 5.78. The number of halogens is 1. The van der Waals surface area contributed by atoms with Crippen LogP contribution in [0.25, 0.3) is 11.2 Å². The first-order valence-corrected chi connectivity index (χ1v) is 11.8. The zero-order valence-electron chi connectivity index (χ0n) is 14.6. The summed E-state index contributed by atoms with van der Waals surface area (Å²) in [6.07, 6.45) is -3.89. The van der Waals surface area contributed by atoms with Gasteiger partial charge in [0.05, 0.1) is 12.9 Å². The zero-order valence-corrected chi connectivity index (χ0v) is 17.1. The van der Waals surface area contributed by atoms with Crippen molar-refractivity contribution in [3.63, 3.8) is 0 Å². The Morgan fingerprint density at radius 3 is 2.62 bits per heavy atom. The number of fused-ring (bicyclic) bond motifs is 1. The number of nitrogens with two attached hydrogens (primary N) is 1. The Morgan fingerprint density at radius 2 is 2.03 bits per heavy atom. The van der Waals surface area contributed by atoms with E-state index in [1.807, 2.05) is 0 Å². The van der Waals surface area contributed by atoms with Gasteiger partial charge in [0.1, 0.15) is 23.8 Å². The Labute approximate surface area is 168 Å². The second kappa shape index (κ2) is 7.68. The molecule has 1 aliphatic heterocycles. The monoisotopic (exact) mass is 473 g/mol. The van der Waals surface area contributed by atoms with Crippen molar-refractivity contribution in [2.24, 2.45) is 0 Å². The Balaban J connectivity index is 1.83. The average molecular weight is 474 g/mol. The van der Waals surface area contributed by atoms with Gasteiger partial charge in [0.2, 0.25) is 5.28 Å². The smallest absolute Gasteiger partial charge is 0.369 e. The number of aromatic nitrogens is 4. The van der Waals surface area contributed by atoms with Gasteiger partial charge in [-0.05, 0) is 11.6 Å². The molecule has 1 fully saturated rings. The molecule has 1 saturated heterocycles. The molecule has 29 heavy (non-hydrogen) atoms. The van der Waals surface area contributed by atoms with Crippen molar-refractivity contribution in [1.82, 2.24) is 19.5 Å². The van der Waals surface area contributed by atoms with E-state index < -0.39 is 53.8 Å². The quantitative estimate of drug-likeness (QED) is 0.231. The van der Waals surface area contributed by atoms with Crippen LogP contribution in [0.3, 0.4) is 0 Å². The molecule has 2 aromatic rings. The van der Waals surface area contributed by atoms with Crippen LogP contribution in [0.4, 0.5) is 5.82 Å². The minimum atomic E-state index is -5.17. The molecule has 162 valence electrons. The second-order valence-electron chi connectivity index (χ2n) is 6.31. The molecule has 14 nitrogen and oxygen atoms in total. The maximum Gasteiger partial charge on any atom is 0.369 e. The Bertz CT molecular complexity index is 1080. The minimum absolute atomic E-state index is 0.0238. The summed E-state index contributed by atoms with van der Waals surface area (Å²) in [4.78, 5) is 30.0. The van der Waals surface area contributed by atoms with Crippen molar-refractivity contribution >= 4 is 46.0 Å². The number of hydrogen-bond donors (Lipinski definition) is 5. The van der Waals surface area contributed by atoms with E-state index in [9.17, 15) is 33.0 Å². The van der Waals surface area contributed by atoms with E-state index in [4.69, 9.17) is 26.8 Å². The number of nitrogens with zero attached hydrogens (tertiary/aromatic N) is 4. The fourth-order valence-corrected chi connectivity index (χ4v) is 5.61. The maximum atomic E-state index is 11.6. The lowest BCUT2D eigenvalue weighted by atomic mass is 10.1. The molecular weight excluding hydrogens is 457 g/mol. The first-order valence-electron chi connectivity index (χ1n) is 7.83. The van der Waals surface area contributed by atoms with E-state index >= 15 is 0 Å². The Kier molecular flexibility index (Phi) is 5.90. The van der Waals surface area contributed by atoms with Gasteiger partial charge in [0.15, 0.2) is 27.5 Å². The standard InChI is InChI=1S/C12H17ClN5O9PS/c1-29(24,25)12(28(21,22)23)26-2-4-6(19)7(20)10(27-4)18-3-15-5-8(14)16-11(13)17-9(5)18/h3-4,6-7,10,12,19-20H,2H2,1H3,(H2,14,16,17)(H2,21,22,23)/t4-,6-,7-,10-,12-/m1/s1. The van der Waals surface area contributed by atoms with Gasteiger partial charge < -0.3 is 35.2 Å². The Morgan fingerprint density at radius 1 is 1.38 bits per heavy atom. The van der Waals surface area contributed by atoms with Gasteiger partial charge in [-0.1, -0.05) is 0 Å². The fourth-order valence-electron chi connectivity index (χ4n) is 2.84. The first kappa shape index (κ1) is 22.3. The molecule has 3 rings (SSSR count). The van der Waals surface area contributed by atoms with Crippen LogP contribution in [0.15, 0.2) is 6.33 Å². The van der Waals surface area contributed by atoms with Crippen molar-refractivity contribution < 1.29 is 42.5 Å². The highest BCUT2D eigenvalue weighted by molar-refractivity contribution is 7.97. The molecule has 5 atom stereocenters. The lowest BCUT2D eigenvalue weighted by Gasteiger charge is -2.20. The van der Waals surface area contributed by atoms with Crippen LogP contribution in [0.1, 0.15) is 6.23 Å². The summed E-state index contributed by atoms with van der Waals surface area (Å²) in [5.74, 6) is -0.0238. The second-order valence-corrected chi connectivity index (χ2v) is 10.7. The number of rotatable bonds is 6. The van der Waals surface area contributed by atoms with Crippen LogP contribution in [0.5, 0.6) is 0 Å². The molecule has 0 aliphatic carbocycles.